The SMILES string of the molecule is Cc1cccc(OCC(=O)N(Cc2ccc(Cl)c(Cl)c2)[C@@H](C)C(=O)NC2CCCCC2)c1. The standard InChI is InChI=1S/C25H30Cl2N2O3/c1-17-7-6-10-21(13-17)32-16-24(30)29(15-19-11-12-22(26)23(27)14-19)18(2)25(31)28-20-8-4-3-5-9-20/h6-7,10-14,18,20H,3-5,8-9,15-16H2,1-2H3,(H,28,31)/t18-/m0/s1. The third-order valence-electron chi connectivity index (χ3n) is 5.81. The first kappa shape index (κ1) is 24.4. The van der Waals surface area contributed by atoms with Crippen molar-refractivity contribution in [2.45, 2.75) is 64.6 Å². The summed E-state index contributed by atoms with van der Waals surface area (Å²) in [5.74, 6) is 0.192. The van der Waals surface area contributed by atoms with Crippen LogP contribution in [0.2, 0.25) is 10.0 Å². The molecule has 1 atom stereocenters. The summed E-state index contributed by atoms with van der Waals surface area (Å²) in [6.45, 7) is 3.78. The van der Waals surface area contributed by atoms with Crippen molar-refractivity contribution in [3.05, 3.63) is 63.6 Å². The lowest BCUT2D eigenvalue weighted by atomic mass is 9.95. The average molecular weight is 477 g/mol. The lowest BCUT2D eigenvalue weighted by molar-refractivity contribution is -0.142. The highest BCUT2D eigenvalue weighted by atomic mass is 35.5. The van der Waals surface area contributed by atoms with Gasteiger partial charge in [0.15, 0.2) is 6.61 Å². The minimum absolute atomic E-state index is 0.152. The minimum Gasteiger partial charge on any atom is -0.484 e. The number of carbonyl (C=O) groups excluding carboxylic acids is 2. The molecule has 32 heavy (non-hydrogen) atoms. The van der Waals surface area contributed by atoms with Crippen LogP contribution in [0, 0.1) is 6.92 Å². The second-order valence-electron chi connectivity index (χ2n) is 8.39. The highest BCUT2D eigenvalue weighted by Crippen LogP contribution is 2.24. The first-order valence-electron chi connectivity index (χ1n) is 11.1. The molecule has 1 aliphatic rings. The van der Waals surface area contributed by atoms with Crippen molar-refractivity contribution in [3.8, 4) is 5.75 Å². The molecule has 0 bridgehead atoms. The Hall–Kier alpha value is -2.24. The smallest absolute Gasteiger partial charge is 0.261 e. The highest BCUT2D eigenvalue weighted by Gasteiger charge is 2.28. The number of hydrogen-bond donors (Lipinski definition) is 1. The van der Waals surface area contributed by atoms with Crippen LogP contribution in [0.3, 0.4) is 0 Å². The van der Waals surface area contributed by atoms with E-state index in [1.807, 2.05) is 37.3 Å². The Labute approximate surface area is 200 Å². The third kappa shape index (κ3) is 6.88. The quantitative estimate of drug-likeness (QED) is 0.543. The molecule has 0 saturated heterocycles. The fraction of sp³-hybridized carbons (Fsp3) is 0.440. The van der Waals surface area contributed by atoms with E-state index in [-0.39, 0.29) is 31.0 Å². The van der Waals surface area contributed by atoms with E-state index >= 15 is 0 Å². The Balaban J connectivity index is 1.73. The molecule has 2 aromatic rings. The number of nitrogens with one attached hydrogen (secondary N) is 1. The minimum atomic E-state index is -0.653. The number of carbonyl (C=O) groups is 2. The van der Waals surface area contributed by atoms with Crippen molar-refractivity contribution < 1.29 is 14.3 Å². The maximum atomic E-state index is 13.2. The third-order valence-corrected chi connectivity index (χ3v) is 6.55. The van der Waals surface area contributed by atoms with Gasteiger partial charge in [-0.15, -0.1) is 0 Å². The fourth-order valence-electron chi connectivity index (χ4n) is 3.92. The van der Waals surface area contributed by atoms with Crippen LogP contribution >= 0.6 is 23.2 Å². The molecular formula is C25H30Cl2N2O3. The summed E-state index contributed by atoms with van der Waals surface area (Å²) in [7, 11) is 0. The molecule has 172 valence electrons. The Morgan fingerprint density at radius 3 is 2.53 bits per heavy atom. The molecule has 1 N–H and O–H groups in total. The molecule has 7 heteroatoms. The van der Waals surface area contributed by atoms with Gasteiger partial charge in [-0.25, -0.2) is 0 Å². The maximum Gasteiger partial charge on any atom is 0.261 e. The Kier molecular flexibility index (Phi) is 8.83. The number of ether oxygens (including phenoxy) is 1. The van der Waals surface area contributed by atoms with Crippen molar-refractivity contribution in [1.82, 2.24) is 10.2 Å². The number of hydrogen-bond acceptors (Lipinski definition) is 3. The largest absolute Gasteiger partial charge is 0.484 e. The van der Waals surface area contributed by atoms with Crippen LogP contribution in [0.15, 0.2) is 42.5 Å². The first-order valence-corrected chi connectivity index (χ1v) is 11.8. The summed E-state index contributed by atoms with van der Waals surface area (Å²) >= 11 is 12.2. The average Bonchev–Trinajstić information content (AvgIpc) is 2.78. The molecule has 0 aromatic heterocycles. The van der Waals surface area contributed by atoms with Crippen molar-refractivity contribution >= 4 is 35.0 Å². The van der Waals surface area contributed by atoms with Gasteiger partial charge in [0.25, 0.3) is 5.91 Å². The number of amides is 2. The molecule has 0 radical (unpaired) electrons. The molecule has 1 saturated carbocycles. The van der Waals surface area contributed by atoms with Gasteiger partial charge < -0.3 is 15.0 Å². The van der Waals surface area contributed by atoms with Gasteiger partial charge in [0.05, 0.1) is 10.0 Å². The van der Waals surface area contributed by atoms with E-state index in [0.717, 1.165) is 36.8 Å². The van der Waals surface area contributed by atoms with E-state index in [2.05, 4.69) is 5.32 Å². The molecule has 1 fully saturated rings. The summed E-state index contributed by atoms with van der Waals surface area (Å²) in [5, 5.41) is 3.97. The van der Waals surface area contributed by atoms with Gasteiger partial charge in [-0.3, -0.25) is 9.59 Å². The van der Waals surface area contributed by atoms with Crippen LogP contribution in [-0.4, -0.2) is 35.4 Å². The molecule has 2 amide bonds. The second-order valence-corrected chi connectivity index (χ2v) is 9.21. The summed E-state index contributed by atoms with van der Waals surface area (Å²) in [6, 6.07) is 12.3. The molecule has 0 heterocycles. The number of benzene rings is 2. The fourth-order valence-corrected chi connectivity index (χ4v) is 4.24. The molecule has 5 nitrogen and oxygen atoms in total. The monoisotopic (exact) mass is 476 g/mol. The first-order chi connectivity index (χ1) is 15.3. The van der Waals surface area contributed by atoms with E-state index < -0.39 is 6.04 Å². The Bertz CT molecular complexity index is 945. The zero-order chi connectivity index (χ0) is 23.1. The predicted molar refractivity (Wildman–Crippen MR) is 128 cm³/mol. The van der Waals surface area contributed by atoms with Gasteiger partial charge >= 0.3 is 0 Å². The lowest BCUT2D eigenvalue weighted by Crippen LogP contribution is -2.51. The van der Waals surface area contributed by atoms with Crippen molar-refractivity contribution in [2.75, 3.05) is 6.61 Å². The molecule has 0 unspecified atom stereocenters. The second kappa shape index (κ2) is 11.6. The van der Waals surface area contributed by atoms with Gasteiger partial charge in [-0.1, -0.05) is 60.7 Å². The lowest BCUT2D eigenvalue weighted by Gasteiger charge is -2.31. The summed E-state index contributed by atoms with van der Waals surface area (Å²) in [6.07, 6.45) is 5.41. The molecular weight excluding hydrogens is 447 g/mol. The van der Waals surface area contributed by atoms with Gasteiger partial charge in [-0.05, 0) is 62.1 Å². The van der Waals surface area contributed by atoms with Gasteiger partial charge in [0, 0.05) is 12.6 Å². The molecule has 0 aliphatic heterocycles. The normalized spacial score (nSPS) is 15.1. The Morgan fingerprint density at radius 2 is 1.84 bits per heavy atom. The van der Waals surface area contributed by atoms with Crippen LogP contribution in [0.25, 0.3) is 0 Å². The van der Waals surface area contributed by atoms with Gasteiger partial charge in [-0.2, -0.15) is 0 Å². The van der Waals surface area contributed by atoms with Crippen molar-refractivity contribution in [1.29, 1.82) is 0 Å². The van der Waals surface area contributed by atoms with Crippen LogP contribution < -0.4 is 10.1 Å². The molecule has 2 aromatic carbocycles. The van der Waals surface area contributed by atoms with Crippen LogP contribution in [-0.2, 0) is 16.1 Å². The van der Waals surface area contributed by atoms with Crippen molar-refractivity contribution in [2.24, 2.45) is 0 Å². The zero-order valence-corrected chi connectivity index (χ0v) is 20.1. The summed E-state index contributed by atoms with van der Waals surface area (Å²) in [5.41, 5.74) is 1.84. The topological polar surface area (TPSA) is 58.6 Å². The maximum absolute atomic E-state index is 13.2. The Morgan fingerprint density at radius 1 is 1.09 bits per heavy atom. The van der Waals surface area contributed by atoms with E-state index in [9.17, 15) is 9.59 Å². The van der Waals surface area contributed by atoms with Crippen LogP contribution in [0.5, 0.6) is 5.75 Å². The van der Waals surface area contributed by atoms with Crippen molar-refractivity contribution in [3.63, 3.8) is 0 Å². The van der Waals surface area contributed by atoms with E-state index in [1.165, 1.54) is 11.3 Å². The van der Waals surface area contributed by atoms with Gasteiger partial charge in [0.1, 0.15) is 11.8 Å². The van der Waals surface area contributed by atoms with Gasteiger partial charge in [0.2, 0.25) is 5.91 Å². The highest BCUT2D eigenvalue weighted by molar-refractivity contribution is 6.42. The van der Waals surface area contributed by atoms with Crippen LogP contribution in [0.1, 0.15) is 50.2 Å². The van der Waals surface area contributed by atoms with E-state index in [0.29, 0.717) is 15.8 Å². The van der Waals surface area contributed by atoms with E-state index in [4.69, 9.17) is 27.9 Å². The summed E-state index contributed by atoms with van der Waals surface area (Å²) < 4.78 is 5.72. The predicted octanol–water partition coefficient (Wildman–Crippen LogP) is 5.55. The van der Waals surface area contributed by atoms with Crippen LogP contribution in [0.4, 0.5) is 0 Å². The molecule has 0 spiro atoms. The number of aryl methyl sites for hydroxylation is 1. The number of halogens is 2. The molecule has 1 aliphatic carbocycles. The summed E-state index contributed by atoms with van der Waals surface area (Å²) in [4.78, 5) is 27.7. The number of rotatable bonds is 8. The zero-order valence-electron chi connectivity index (χ0n) is 18.6. The molecule has 3 rings (SSSR count). The number of nitrogens with zero attached hydrogens (tertiary/aromatic N) is 1. The van der Waals surface area contributed by atoms with E-state index in [1.54, 1.807) is 19.1 Å².